The molecule has 2 aromatic carbocycles. The van der Waals surface area contributed by atoms with Gasteiger partial charge in [0, 0.05) is 46.5 Å². The lowest BCUT2D eigenvalue weighted by Gasteiger charge is -2.35. The summed E-state index contributed by atoms with van der Waals surface area (Å²) in [4.78, 5) is 14.8. The molecular formula is C22H25Cl2N3O2. The minimum atomic E-state index is -0.378. The summed E-state index contributed by atoms with van der Waals surface area (Å²) in [6.45, 7) is 3.98. The van der Waals surface area contributed by atoms with Crippen LogP contribution in [0.15, 0.2) is 48.3 Å². The van der Waals surface area contributed by atoms with E-state index in [0.29, 0.717) is 28.6 Å². The summed E-state index contributed by atoms with van der Waals surface area (Å²) >= 11 is 12.7. The van der Waals surface area contributed by atoms with E-state index in [1.807, 2.05) is 44.3 Å². The largest absolute Gasteiger partial charge is 0.497 e. The molecule has 0 aromatic heterocycles. The number of anilines is 1. The van der Waals surface area contributed by atoms with Crippen molar-refractivity contribution in [3.8, 4) is 5.75 Å². The molecule has 1 atom stereocenters. The van der Waals surface area contributed by atoms with Crippen molar-refractivity contribution in [3.05, 3.63) is 69.5 Å². The second kappa shape index (κ2) is 8.97. The van der Waals surface area contributed by atoms with Gasteiger partial charge >= 0.3 is 0 Å². The van der Waals surface area contributed by atoms with Gasteiger partial charge in [-0.3, -0.25) is 4.79 Å². The molecule has 1 aliphatic heterocycles. The summed E-state index contributed by atoms with van der Waals surface area (Å²) in [7, 11) is 1.63. The van der Waals surface area contributed by atoms with E-state index in [1.165, 1.54) is 0 Å². The SMILES string of the molecule is COc1ccc(CC2NC(Cc3c(Cl)cc(N)cc3Cl)=CN(C(C)C)C2=O)cc1. The van der Waals surface area contributed by atoms with Crippen molar-refractivity contribution in [1.82, 2.24) is 10.2 Å². The second-order valence-corrected chi connectivity index (χ2v) is 8.20. The van der Waals surface area contributed by atoms with Crippen LogP contribution in [-0.2, 0) is 17.6 Å². The number of ether oxygens (including phenoxy) is 1. The lowest BCUT2D eigenvalue weighted by molar-refractivity contribution is -0.133. The standard InChI is InChI=1S/C22H25Cl2N3O2/c1-13(2)27-12-16(11-18-19(23)9-15(25)10-20(18)24)26-21(22(27)28)8-14-4-6-17(29-3)7-5-14/h4-7,9-10,12-13,21,26H,8,11,25H2,1-3H3. The average Bonchev–Trinajstić information content (AvgIpc) is 2.67. The van der Waals surface area contributed by atoms with Gasteiger partial charge in [-0.2, -0.15) is 0 Å². The minimum absolute atomic E-state index is 0.0362. The number of allylic oxidation sites excluding steroid dienone is 1. The van der Waals surface area contributed by atoms with Gasteiger partial charge in [0.05, 0.1) is 7.11 Å². The molecule has 154 valence electrons. The Morgan fingerprint density at radius 3 is 2.34 bits per heavy atom. The lowest BCUT2D eigenvalue weighted by atomic mass is 10.0. The van der Waals surface area contributed by atoms with Gasteiger partial charge in [0.2, 0.25) is 5.91 Å². The summed E-state index contributed by atoms with van der Waals surface area (Å²) < 4.78 is 5.21. The van der Waals surface area contributed by atoms with Crippen LogP contribution < -0.4 is 15.8 Å². The Balaban J connectivity index is 1.85. The van der Waals surface area contributed by atoms with Crippen molar-refractivity contribution in [2.45, 2.75) is 38.8 Å². The van der Waals surface area contributed by atoms with Gasteiger partial charge in [-0.1, -0.05) is 35.3 Å². The zero-order valence-electron chi connectivity index (χ0n) is 16.7. The number of nitrogen functional groups attached to an aromatic ring is 1. The molecule has 0 spiro atoms. The number of amides is 1. The lowest BCUT2D eigenvalue weighted by Crippen LogP contribution is -2.52. The second-order valence-electron chi connectivity index (χ2n) is 7.38. The number of nitrogens with zero attached hydrogens (tertiary/aromatic N) is 1. The summed E-state index contributed by atoms with van der Waals surface area (Å²) in [5, 5.41) is 4.40. The Morgan fingerprint density at radius 1 is 1.17 bits per heavy atom. The van der Waals surface area contributed by atoms with Gasteiger partial charge in [0.15, 0.2) is 0 Å². The van der Waals surface area contributed by atoms with Gasteiger partial charge < -0.3 is 20.7 Å². The molecule has 0 saturated heterocycles. The van der Waals surface area contributed by atoms with Crippen molar-refractivity contribution < 1.29 is 9.53 Å². The maximum Gasteiger partial charge on any atom is 0.249 e. The highest BCUT2D eigenvalue weighted by atomic mass is 35.5. The molecule has 7 heteroatoms. The van der Waals surface area contributed by atoms with E-state index < -0.39 is 0 Å². The molecule has 0 bridgehead atoms. The molecule has 1 unspecified atom stereocenters. The molecule has 0 aliphatic carbocycles. The van der Waals surface area contributed by atoms with E-state index in [2.05, 4.69) is 5.32 Å². The molecule has 0 radical (unpaired) electrons. The van der Waals surface area contributed by atoms with Crippen LogP contribution in [0.1, 0.15) is 25.0 Å². The maximum atomic E-state index is 13.0. The van der Waals surface area contributed by atoms with Gasteiger partial charge in [0.25, 0.3) is 0 Å². The van der Waals surface area contributed by atoms with E-state index in [-0.39, 0.29) is 18.0 Å². The first-order valence-corrected chi connectivity index (χ1v) is 10.2. The average molecular weight is 434 g/mol. The fourth-order valence-corrected chi connectivity index (χ4v) is 3.99. The van der Waals surface area contributed by atoms with Crippen molar-refractivity contribution in [3.63, 3.8) is 0 Å². The molecule has 1 amide bonds. The summed E-state index contributed by atoms with van der Waals surface area (Å²) in [6.07, 6.45) is 2.89. The topological polar surface area (TPSA) is 67.6 Å². The third-order valence-corrected chi connectivity index (χ3v) is 5.57. The van der Waals surface area contributed by atoms with E-state index >= 15 is 0 Å². The predicted molar refractivity (Wildman–Crippen MR) is 118 cm³/mol. The van der Waals surface area contributed by atoms with E-state index in [0.717, 1.165) is 22.6 Å². The van der Waals surface area contributed by atoms with Crippen LogP contribution in [0.4, 0.5) is 5.69 Å². The Hall–Kier alpha value is -2.37. The van der Waals surface area contributed by atoms with Crippen molar-refractivity contribution in [2.24, 2.45) is 0 Å². The number of rotatable bonds is 6. The number of carbonyl (C=O) groups is 1. The number of methoxy groups -OCH3 is 1. The quantitative estimate of drug-likeness (QED) is 0.661. The first-order chi connectivity index (χ1) is 13.8. The van der Waals surface area contributed by atoms with Crippen molar-refractivity contribution in [2.75, 3.05) is 12.8 Å². The van der Waals surface area contributed by atoms with Crippen LogP contribution in [-0.4, -0.2) is 30.0 Å². The molecular weight excluding hydrogens is 409 g/mol. The first kappa shape index (κ1) is 21.3. The number of nitrogens with two attached hydrogens (primary N) is 1. The zero-order valence-corrected chi connectivity index (χ0v) is 18.2. The Labute approximate surface area is 181 Å². The van der Waals surface area contributed by atoms with Gasteiger partial charge in [-0.05, 0) is 49.2 Å². The Kier molecular flexibility index (Phi) is 6.60. The van der Waals surface area contributed by atoms with Crippen LogP contribution in [0.25, 0.3) is 0 Å². The molecule has 3 N–H and O–H groups in total. The number of hydrogen-bond acceptors (Lipinski definition) is 4. The van der Waals surface area contributed by atoms with Crippen molar-refractivity contribution in [1.29, 1.82) is 0 Å². The predicted octanol–water partition coefficient (Wildman–Crippen LogP) is 4.42. The smallest absolute Gasteiger partial charge is 0.249 e. The maximum absolute atomic E-state index is 13.0. The summed E-state index contributed by atoms with van der Waals surface area (Å²) in [6, 6.07) is 10.8. The Morgan fingerprint density at radius 2 is 1.79 bits per heavy atom. The Bertz CT molecular complexity index is 903. The van der Waals surface area contributed by atoms with Crippen LogP contribution in [0, 0.1) is 0 Å². The van der Waals surface area contributed by atoms with E-state index in [4.69, 9.17) is 33.7 Å². The zero-order chi connectivity index (χ0) is 21.1. The number of nitrogens with one attached hydrogen (secondary N) is 1. The third kappa shape index (κ3) is 4.98. The number of halogens is 2. The summed E-state index contributed by atoms with van der Waals surface area (Å²) in [5.74, 6) is 0.822. The van der Waals surface area contributed by atoms with Crippen LogP contribution >= 0.6 is 23.2 Å². The molecule has 0 saturated carbocycles. The van der Waals surface area contributed by atoms with Crippen LogP contribution in [0.5, 0.6) is 5.75 Å². The fourth-order valence-electron chi connectivity index (χ4n) is 3.35. The van der Waals surface area contributed by atoms with E-state index in [9.17, 15) is 4.79 Å². The summed E-state index contributed by atoms with van der Waals surface area (Å²) in [5.41, 5.74) is 9.03. The molecule has 3 rings (SSSR count). The highest BCUT2D eigenvalue weighted by molar-refractivity contribution is 6.36. The molecule has 1 aliphatic rings. The number of carbonyl (C=O) groups excluding carboxylic acids is 1. The van der Waals surface area contributed by atoms with Gasteiger partial charge in [-0.15, -0.1) is 0 Å². The first-order valence-electron chi connectivity index (χ1n) is 9.44. The molecule has 2 aromatic rings. The minimum Gasteiger partial charge on any atom is -0.497 e. The number of benzene rings is 2. The van der Waals surface area contributed by atoms with Crippen LogP contribution in [0.2, 0.25) is 10.0 Å². The highest BCUT2D eigenvalue weighted by Gasteiger charge is 2.30. The molecule has 5 nitrogen and oxygen atoms in total. The normalized spacial score (nSPS) is 16.6. The van der Waals surface area contributed by atoms with E-state index in [1.54, 1.807) is 24.1 Å². The monoisotopic (exact) mass is 433 g/mol. The fraction of sp³-hybridized carbons (Fsp3) is 0.318. The molecule has 1 heterocycles. The molecule has 29 heavy (non-hydrogen) atoms. The van der Waals surface area contributed by atoms with Gasteiger partial charge in [-0.25, -0.2) is 0 Å². The van der Waals surface area contributed by atoms with Crippen LogP contribution in [0.3, 0.4) is 0 Å². The third-order valence-electron chi connectivity index (χ3n) is 4.89. The number of hydrogen-bond donors (Lipinski definition) is 2. The van der Waals surface area contributed by atoms with Gasteiger partial charge in [0.1, 0.15) is 11.8 Å². The van der Waals surface area contributed by atoms with Crippen molar-refractivity contribution >= 4 is 34.8 Å². The highest BCUT2D eigenvalue weighted by Crippen LogP contribution is 2.30. The molecule has 0 fully saturated rings.